The number of carbonyl (C=O) groups excluding carboxylic acids is 2. The highest BCUT2D eigenvalue weighted by Gasteiger charge is 2.33. The molecule has 4 heterocycles. The molecule has 33 heavy (non-hydrogen) atoms. The summed E-state index contributed by atoms with van der Waals surface area (Å²) in [5, 5.41) is 23.0. The standard InChI is InChI=1S/C23H22N4O5S/c1-12-7-13-8-14(3-4-16(13)27(12)23(31)24-2)32-19-5-6-25-15-9-20(33-21(15)19)22(30)26-10-17(28)18(29)11-26/h3-9,17-18,28-29H,10-11H2,1-2H3,(H,24,31)/t17-,18+. The molecule has 0 aliphatic carbocycles. The van der Waals surface area contributed by atoms with Crippen LogP contribution >= 0.6 is 11.3 Å². The van der Waals surface area contributed by atoms with E-state index in [9.17, 15) is 19.8 Å². The number of carbonyl (C=O) groups is 2. The lowest BCUT2D eigenvalue weighted by Gasteiger charge is -2.13. The monoisotopic (exact) mass is 466 g/mol. The van der Waals surface area contributed by atoms with Crippen LogP contribution < -0.4 is 10.1 Å². The summed E-state index contributed by atoms with van der Waals surface area (Å²) in [6.45, 7) is 2.06. The zero-order chi connectivity index (χ0) is 23.3. The molecule has 5 rings (SSSR count). The number of aryl methyl sites for hydroxylation is 1. The van der Waals surface area contributed by atoms with Crippen molar-refractivity contribution < 1.29 is 24.5 Å². The van der Waals surface area contributed by atoms with Gasteiger partial charge in [0.25, 0.3) is 5.91 Å². The third-order valence-corrected chi connectivity index (χ3v) is 6.86. The average Bonchev–Trinajstić information content (AvgIpc) is 3.47. The highest BCUT2D eigenvalue weighted by molar-refractivity contribution is 7.21. The van der Waals surface area contributed by atoms with E-state index in [4.69, 9.17) is 4.74 Å². The lowest BCUT2D eigenvalue weighted by molar-refractivity contribution is 0.0572. The molecule has 10 heteroatoms. The fourth-order valence-corrected chi connectivity index (χ4v) is 5.13. The number of thiophene rings is 1. The number of aliphatic hydroxyl groups is 2. The van der Waals surface area contributed by atoms with Gasteiger partial charge in [0.15, 0.2) is 0 Å². The zero-order valence-electron chi connectivity index (χ0n) is 18.0. The van der Waals surface area contributed by atoms with Gasteiger partial charge in [0, 0.05) is 43.5 Å². The first kappa shape index (κ1) is 21.4. The number of ether oxygens (including phenoxy) is 1. The summed E-state index contributed by atoms with van der Waals surface area (Å²) in [6, 6.07) is 10.6. The fourth-order valence-electron chi connectivity index (χ4n) is 4.09. The van der Waals surface area contributed by atoms with Gasteiger partial charge in [-0.2, -0.15) is 0 Å². The summed E-state index contributed by atoms with van der Waals surface area (Å²) in [5.41, 5.74) is 2.22. The number of hydrogen-bond acceptors (Lipinski definition) is 7. The Morgan fingerprint density at radius 1 is 1.15 bits per heavy atom. The van der Waals surface area contributed by atoms with Crippen molar-refractivity contribution in [3.63, 3.8) is 0 Å². The van der Waals surface area contributed by atoms with Gasteiger partial charge in [-0.1, -0.05) is 0 Å². The van der Waals surface area contributed by atoms with Crippen LogP contribution in [-0.2, 0) is 0 Å². The van der Waals surface area contributed by atoms with E-state index in [2.05, 4.69) is 10.3 Å². The molecule has 1 aromatic carbocycles. The van der Waals surface area contributed by atoms with Crippen LogP contribution in [0.5, 0.6) is 11.5 Å². The van der Waals surface area contributed by atoms with E-state index in [1.807, 2.05) is 25.1 Å². The minimum absolute atomic E-state index is 0.0974. The SMILES string of the molecule is CNC(=O)n1c(C)cc2cc(Oc3ccnc4cc(C(=O)N5C[C@@H](O)[C@@H](O)C5)sc34)ccc21. The fraction of sp³-hybridized carbons (Fsp3) is 0.261. The van der Waals surface area contributed by atoms with Crippen molar-refractivity contribution in [1.82, 2.24) is 19.8 Å². The maximum Gasteiger partial charge on any atom is 0.325 e. The van der Waals surface area contributed by atoms with Gasteiger partial charge in [-0.15, -0.1) is 11.3 Å². The van der Waals surface area contributed by atoms with Crippen LogP contribution in [0, 0.1) is 6.92 Å². The quantitative estimate of drug-likeness (QED) is 0.428. The minimum atomic E-state index is -0.933. The van der Waals surface area contributed by atoms with Gasteiger partial charge >= 0.3 is 6.03 Å². The first-order chi connectivity index (χ1) is 15.9. The zero-order valence-corrected chi connectivity index (χ0v) is 18.8. The molecule has 1 fully saturated rings. The van der Waals surface area contributed by atoms with Crippen LogP contribution in [0.3, 0.4) is 0 Å². The van der Waals surface area contributed by atoms with Gasteiger partial charge in [-0.3, -0.25) is 14.3 Å². The number of β-amino-alcohol motifs (C(OH)–C–C–N with tert-alkyl or cyclic N) is 2. The molecule has 9 nitrogen and oxygen atoms in total. The van der Waals surface area contributed by atoms with Crippen molar-refractivity contribution in [2.45, 2.75) is 19.1 Å². The second-order valence-electron chi connectivity index (χ2n) is 7.98. The number of fused-ring (bicyclic) bond motifs is 2. The summed E-state index contributed by atoms with van der Waals surface area (Å²) in [6.07, 6.45) is -0.249. The van der Waals surface area contributed by atoms with E-state index < -0.39 is 12.2 Å². The number of aliphatic hydroxyl groups excluding tert-OH is 2. The first-order valence-corrected chi connectivity index (χ1v) is 11.2. The Labute approximate surface area is 192 Å². The van der Waals surface area contributed by atoms with Crippen molar-refractivity contribution >= 4 is 44.4 Å². The predicted octanol–water partition coefficient (Wildman–Crippen LogP) is 2.72. The molecule has 2 atom stereocenters. The second kappa shape index (κ2) is 8.14. The molecular formula is C23H22N4O5S. The number of aromatic nitrogens is 2. The number of pyridine rings is 1. The van der Waals surface area contributed by atoms with Crippen molar-refractivity contribution in [2.75, 3.05) is 20.1 Å². The Balaban J connectivity index is 1.45. The highest BCUT2D eigenvalue weighted by atomic mass is 32.1. The van der Waals surface area contributed by atoms with Crippen LogP contribution in [0.4, 0.5) is 4.79 Å². The van der Waals surface area contributed by atoms with E-state index in [0.717, 1.165) is 21.3 Å². The van der Waals surface area contributed by atoms with Gasteiger partial charge < -0.3 is 25.2 Å². The number of nitrogens with one attached hydrogen (secondary N) is 1. The molecular weight excluding hydrogens is 444 g/mol. The summed E-state index contributed by atoms with van der Waals surface area (Å²) < 4.78 is 8.47. The molecule has 4 aromatic rings. The van der Waals surface area contributed by atoms with Crippen LogP contribution in [0.15, 0.2) is 42.6 Å². The largest absolute Gasteiger partial charge is 0.456 e. The molecule has 3 aromatic heterocycles. The predicted molar refractivity (Wildman–Crippen MR) is 124 cm³/mol. The number of benzene rings is 1. The average molecular weight is 467 g/mol. The highest BCUT2D eigenvalue weighted by Crippen LogP contribution is 2.36. The Kier molecular flexibility index (Phi) is 5.28. The molecule has 1 aliphatic rings. The maximum atomic E-state index is 12.8. The molecule has 3 N–H and O–H groups in total. The van der Waals surface area contributed by atoms with Crippen molar-refractivity contribution in [3.8, 4) is 11.5 Å². The molecule has 1 aliphatic heterocycles. The van der Waals surface area contributed by atoms with E-state index in [-0.39, 0.29) is 25.0 Å². The second-order valence-corrected chi connectivity index (χ2v) is 9.03. The normalized spacial score (nSPS) is 18.2. The van der Waals surface area contributed by atoms with E-state index in [0.29, 0.717) is 21.9 Å². The Morgan fingerprint density at radius 3 is 2.64 bits per heavy atom. The minimum Gasteiger partial charge on any atom is -0.456 e. The topological polar surface area (TPSA) is 117 Å². The van der Waals surface area contributed by atoms with Gasteiger partial charge in [0.2, 0.25) is 0 Å². The van der Waals surface area contributed by atoms with E-state index in [1.54, 1.807) is 36.0 Å². The summed E-state index contributed by atoms with van der Waals surface area (Å²) in [7, 11) is 1.59. The van der Waals surface area contributed by atoms with Crippen molar-refractivity contribution in [2.24, 2.45) is 0 Å². The maximum absolute atomic E-state index is 12.8. The van der Waals surface area contributed by atoms with Crippen LogP contribution in [0.25, 0.3) is 21.1 Å². The molecule has 0 radical (unpaired) electrons. The van der Waals surface area contributed by atoms with E-state index >= 15 is 0 Å². The van der Waals surface area contributed by atoms with Gasteiger partial charge in [-0.05, 0) is 37.3 Å². The molecule has 0 unspecified atom stereocenters. The lowest BCUT2D eigenvalue weighted by atomic mass is 10.2. The number of amides is 2. The number of hydrogen-bond donors (Lipinski definition) is 3. The molecule has 2 amide bonds. The van der Waals surface area contributed by atoms with Gasteiger partial charge in [-0.25, -0.2) is 4.79 Å². The van der Waals surface area contributed by atoms with Crippen LogP contribution in [-0.4, -0.2) is 68.9 Å². The van der Waals surface area contributed by atoms with E-state index in [1.165, 1.54) is 16.2 Å². The molecule has 0 saturated carbocycles. The number of likely N-dealkylation sites (tertiary alicyclic amines) is 1. The number of rotatable bonds is 3. The molecule has 0 spiro atoms. The van der Waals surface area contributed by atoms with Crippen LogP contribution in [0.2, 0.25) is 0 Å². The summed E-state index contributed by atoms with van der Waals surface area (Å²) in [4.78, 5) is 31.3. The molecule has 170 valence electrons. The third-order valence-electron chi connectivity index (χ3n) is 5.73. The Morgan fingerprint density at radius 2 is 1.91 bits per heavy atom. The molecule has 1 saturated heterocycles. The Hall–Kier alpha value is -3.47. The van der Waals surface area contributed by atoms with Crippen LogP contribution in [0.1, 0.15) is 15.4 Å². The summed E-state index contributed by atoms with van der Waals surface area (Å²) >= 11 is 1.26. The molecule has 0 bridgehead atoms. The van der Waals surface area contributed by atoms with Gasteiger partial charge in [0.05, 0.1) is 32.8 Å². The van der Waals surface area contributed by atoms with Gasteiger partial charge in [0.1, 0.15) is 11.5 Å². The number of nitrogens with zero attached hydrogens (tertiary/aromatic N) is 3. The third kappa shape index (κ3) is 3.71. The first-order valence-electron chi connectivity index (χ1n) is 10.4. The lowest BCUT2D eigenvalue weighted by Crippen LogP contribution is -2.29. The van der Waals surface area contributed by atoms with Crippen molar-refractivity contribution in [3.05, 3.63) is 53.2 Å². The smallest absolute Gasteiger partial charge is 0.325 e. The summed E-state index contributed by atoms with van der Waals surface area (Å²) in [5.74, 6) is 0.899. The van der Waals surface area contributed by atoms with Crippen molar-refractivity contribution in [1.29, 1.82) is 0 Å². The Bertz CT molecular complexity index is 1380.